The van der Waals surface area contributed by atoms with Crippen LogP contribution in [0.1, 0.15) is 10.6 Å². The summed E-state index contributed by atoms with van der Waals surface area (Å²) in [5, 5.41) is 11.9. The summed E-state index contributed by atoms with van der Waals surface area (Å²) < 4.78 is 0. The molecule has 0 fully saturated rings. The third-order valence-electron chi connectivity index (χ3n) is 1.33. The van der Waals surface area contributed by atoms with Gasteiger partial charge in [0.1, 0.15) is 0 Å². The largest absolute Gasteiger partial charge is 0.390 e. The maximum atomic E-state index is 10.6. The number of carbonyl (C=O) groups is 1. The van der Waals surface area contributed by atoms with Crippen LogP contribution in [0, 0.1) is 6.92 Å². The predicted molar refractivity (Wildman–Crippen MR) is 50.3 cm³/mol. The summed E-state index contributed by atoms with van der Waals surface area (Å²) in [6.07, 6.45) is 0. The van der Waals surface area contributed by atoms with Gasteiger partial charge in [0.25, 0.3) is 0 Å². The molecule has 0 unspecified atom stereocenters. The van der Waals surface area contributed by atoms with Gasteiger partial charge in [0.05, 0.1) is 12.3 Å². The molecule has 0 bridgehead atoms. The van der Waals surface area contributed by atoms with Crippen LogP contribution in [-0.2, 0) is 6.61 Å². The summed E-state index contributed by atoms with van der Waals surface area (Å²) in [6.45, 7) is 1.77. The van der Waals surface area contributed by atoms with Gasteiger partial charge in [0.2, 0.25) is 7.85 Å². The zero-order chi connectivity index (χ0) is 9.14. The van der Waals surface area contributed by atoms with Crippen molar-refractivity contribution in [1.29, 1.82) is 0 Å². The summed E-state index contributed by atoms with van der Waals surface area (Å²) in [5.74, 6) is -0.145. The molecule has 1 amide bonds. The van der Waals surface area contributed by atoms with Crippen molar-refractivity contribution >= 4 is 30.1 Å². The molecule has 0 aliphatic heterocycles. The van der Waals surface area contributed by atoms with E-state index in [2.05, 4.69) is 10.3 Å². The molecule has 1 aromatic rings. The number of aliphatic hydroxyl groups excluding tert-OH is 1. The van der Waals surface area contributed by atoms with Crippen molar-refractivity contribution < 1.29 is 9.90 Å². The van der Waals surface area contributed by atoms with Gasteiger partial charge in [-0.2, -0.15) is 0 Å². The number of thiazole rings is 1. The minimum absolute atomic E-state index is 0.0814. The predicted octanol–water partition coefficient (Wildman–Crippen LogP) is 0.109. The Labute approximate surface area is 75.0 Å². The Hall–Kier alpha value is -0.875. The van der Waals surface area contributed by atoms with Gasteiger partial charge >= 0.3 is 0 Å². The number of nitrogens with zero attached hydrogens (tertiary/aromatic N) is 1. The lowest BCUT2D eigenvalue weighted by molar-refractivity contribution is 0.268. The summed E-state index contributed by atoms with van der Waals surface area (Å²) >= 11 is 1.36. The Morgan fingerprint density at radius 1 is 1.83 bits per heavy atom. The fourth-order valence-electron chi connectivity index (χ4n) is 0.779. The first-order valence-electron chi connectivity index (χ1n) is 3.48. The number of carbonyl (C=O) groups excluding carboxylic acids is 1. The molecular weight excluding hydrogens is 175 g/mol. The van der Waals surface area contributed by atoms with Crippen LogP contribution in [0.25, 0.3) is 0 Å². The Bertz CT molecular complexity index is 300. The molecule has 0 radical (unpaired) electrons. The molecule has 6 heteroatoms. The molecule has 0 atom stereocenters. The normalized spacial score (nSPS) is 9.83. The number of aryl methyl sites for hydroxylation is 1. The van der Waals surface area contributed by atoms with E-state index in [9.17, 15) is 4.79 Å². The molecular formula is C6H9BN2O2S. The van der Waals surface area contributed by atoms with E-state index < -0.39 is 0 Å². The molecule has 4 nitrogen and oxygen atoms in total. The van der Waals surface area contributed by atoms with Crippen LogP contribution in [0.5, 0.6) is 0 Å². The number of rotatable bonds is 2. The van der Waals surface area contributed by atoms with Gasteiger partial charge in [-0.1, -0.05) is 0 Å². The van der Waals surface area contributed by atoms with E-state index in [1.54, 1.807) is 0 Å². The van der Waals surface area contributed by atoms with Crippen LogP contribution in [0.4, 0.5) is 9.93 Å². The van der Waals surface area contributed by atoms with Gasteiger partial charge in [-0.3, -0.25) is 4.79 Å². The van der Waals surface area contributed by atoms with Crippen molar-refractivity contribution in [2.75, 3.05) is 5.32 Å². The molecule has 0 saturated carbocycles. The molecule has 1 heterocycles. The maximum absolute atomic E-state index is 10.6. The number of hydrogen-bond donors (Lipinski definition) is 2. The number of amides is 1. The summed E-state index contributed by atoms with van der Waals surface area (Å²) in [6, 6.07) is 0. The summed E-state index contributed by atoms with van der Waals surface area (Å²) in [4.78, 5) is 15.6. The number of anilines is 1. The van der Waals surface area contributed by atoms with E-state index in [-0.39, 0.29) is 12.4 Å². The quantitative estimate of drug-likeness (QED) is 0.641. The highest BCUT2D eigenvalue weighted by molar-refractivity contribution is 7.16. The third kappa shape index (κ3) is 2.05. The van der Waals surface area contributed by atoms with Crippen molar-refractivity contribution in [2.45, 2.75) is 13.5 Å². The molecule has 1 aromatic heterocycles. The molecule has 0 aromatic carbocycles. The minimum atomic E-state index is -0.145. The first-order valence-corrected chi connectivity index (χ1v) is 4.30. The SMILES string of the molecule is BC(=O)Nc1nc(CO)c(C)s1. The molecule has 64 valence electrons. The van der Waals surface area contributed by atoms with Crippen molar-refractivity contribution in [1.82, 2.24) is 4.98 Å². The van der Waals surface area contributed by atoms with Crippen molar-refractivity contribution in [2.24, 2.45) is 0 Å². The van der Waals surface area contributed by atoms with Gasteiger partial charge in [-0.15, -0.1) is 11.3 Å². The monoisotopic (exact) mass is 184 g/mol. The zero-order valence-corrected chi connectivity index (χ0v) is 7.73. The van der Waals surface area contributed by atoms with Crippen LogP contribution in [-0.4, -0.2) is 23.7 Å². The maximum Gasteiger partial charge on any atom is 0.216 e. The summed E-state index contributed by atoms with van der Waals surface area (Å²) in [7, 11) is 1.43. The van der Waals surface area contributed by atoms with Gasteiger partial charge in [-0.05, 0) is 6.92 Å². The molecule has 2 N–H and O–H groups in total. The van der Waals surface area contributed by atoms with E-state index in [1.807, 2.05) is 6.92 Å². The average molecular weight is 184 g/mol. The number of aromatic nitrogens is 1. The van der Waals surface area contributed by atoms with Gasteiger partial charge in [0.15, 0.2) is 10.9 Å². The molecule has 0 aliphatic rings. The second kappa shape index (κ2) is 3.69. The van der Waals surface area contributed by atoms with E-state index in [0.717, 1.165) is 4.88 Å². The second-order valence-corrected chi connectivity index (χ2v) is 3.56. The van der Waals surface area contributed by atoms with Gasteiger partial charge < -0.3 is 10.4 Å². The van der Waals surface area contributed by atoms with Crippen molar-refractivity contribution in [3.63, 3.8) is 0 Å². The highest BCUT2D eigenvalue weighted by Gasteiger charge is 2.06. The van der Waals surface area contributed by atoms with E-state index >= 15 is 0 Å². The molecule has 12 heavy (non-hydrogen) atoms. The Kier molecular flexibility index (Phi) is 2.83. The Balaban J connectivity index is 2.82. The number of hydrogen-bond acceptors (Lipinski definition) is 4. The minimum Gasteiger partial charge on any atom is -0.390 e. The van der Waals surface area contributed by atoms with E-state index in [1.165, 1.54) is 19.2 Å². The van der Waals surface area contributed by atoms with Crippen LogP contribution >= 0.6 is 11.3 Å². The first kappa shape index (κ1) is 9.21. The topological polar surface area (TPSA) is 62.2 Å². The van der Waals surface area contributed by atoms with Crippen molar-refractivity contribution in [3.8, 4) is 0 Å². The van der Waals surface area contributed by atoms with Crippen molar-refractivity contribution in [3.05, 3.63) is 10.6 Å². The standard InChI is InChI=1S/C6H9BN2O2S/c1-3-4(2-10)8-6(12-3)9-5(7)11/h10H,2,7H2,1H3,(H,8,9,11). The summed E-state index contributed by atoms with van der Waals surface area (Å²) in [5.41, 5.74) is 0.628. The average Bonchev–Trinajstić information content (AvgIpc) is 2.29. The second-order valence-electron chi connectivity index (χ2n) is 2.36. The van der Waals surface area contributed by atoms with Crippen LogP contribution in [0.3, 0.4) is 0 Å². The number of aliphatic hydroxyl groups is 1. The van der Waals surface area contributed by atoms with Gasteiger partial charge in [-0.25, -0.2) is 4.98 Å². The fraction of sp³-hybridized carbons (Fsp3) is 0.333. The molecule has 0 spiro atoms. The molecule has 0 saturated heterocycles. The highest BCUT2D eigenvalue weighted by atomic mass is 32.1. The Morgan fingerprint density at radius 2 is 2.50 bits per heavy atom. The van der Waals surface area contributed by atoms with E-state index in [0.29, 0.717) is 10.8 Å². The smallest absolute Gasteiger partial charge is 0.216 e. The lowest BCUT2D eigenvalue weighted by Crippen LogP contribution is -2.07. The molecule has 0 aliphatic carbocycles. The Morgan fingerprint density at radius 3 is 2.92 bits per heavy atom. The third-order valence-corrected chi connectivity index (χ3v) is 2.25. The fourth-order valence-corrected chi connectivity index (χ4v) is 1.65. The van der Waals surface area contributed by atoms with Crippen LogP contribution < -0.4 is 5.32 Å². The molecule has 1 rings (SSSR count). The van der Waals surface area contributed by atoms with Crippen LogP contribution in [0.2, 0.25) is 0 Å². The lowest BCUT2D eigenvalue weighted by atomic mass is 10.1. The number of nitrogens with one attached hydrogen (secondary N) is 1. The van der Waals surface area contributed by atoms with Crippen LogP contribution in [0.15, 0.2) is 0 Å². The zero-order valence-electron chi connectivity index (χ0n) is 6.92. The highest BCUT2D eigenvalue weighted by Crippen LogP contribution is 2.21. The first-order chi connectivity index (χ1) is 5.63. The van der Waals surface area contributed by atoms with Gasteiger partial charge in [0, 0.05) is 4.88 Å². The van der Waals surface area contributed by atoms with E-state index in [4.69, 9.17) is 5.11 Å². The lowest BCUT2D eigenvalue weighted by Gasteiger charge is -1.92.